The van der Waals surface area contributed by atoms with Crippen molar-refractivity contribution in [2.24, 2.45) is 0 Å². The normalized spacial score (nSPS) is 13.3. The molecule has 4 heteroatoms. The first-order valence-corrected chi connectivity index (χ1v) is 9.33. The highest BCUT2D eigenvalue weighted by atomic mass is 16.4. The molecule has 0 amide bonds. The zero-order valence-electron chi connectivity index (χ0n) is 14.8. The summed E-state index contributed by atoms with van der Waals surface area (Å²) < 4.78 is 0. The van der Waals surface area contributed by atoms with E-state index in [1.807, 2.05) is 0 Å². The zero-order chi connectivity index (χ0) is 17.3. The van der Waals surface area contributed by atoms with Gasteiger partial charge in [-0.05, 0) is 12.8 Å². The first-order valence-electron chi connectivity index (χ1n) is 9.33. The molecule has 1 unspecified atom stereocenters. The molecule has 3 N–H and O–H groups in total. The predicted molar refractivity (Wildman–Crippen MR) is 94.5 cm³/mol. The van der Waals surface area contributed by atoms with E-state index in [0.29, 0.717) is 0 Å². The summed E-state index contributed by atoms with van der Waals surface area (Å²) in [5.41, 5.74) is 0.207. The summed E-state index contributed by atoms with van der Waals surface area (Å²) in [6.45, 7) is 1.84. The molecule has 0 bridgehead atoms. The van der Waals surface area contributed by atoms with E-state index in [4.69, 9.17) is 10.2 Å². The van der Waals surface area contributed by atoms with Gasteiger partial charge in [-0.1, -0.05) is 77.2 Å². The lowest BCUT2D eigenvalue weighted by Gasteiger charge is -2.07. The molecule has 0 aromatic rings. The summed E-state index contributed by atoms with van der Waals surface area (Å²) in [6, 6.07) is 0. The van der Waals surface area contributed by atoms with Crippen molar-refractivity contribution < 1.29 is 20.1 Å². The van der Waals surface area contributed by atoms with E-state index in [1.165, 1.54) is 57.8 Å². The van der Waals surface area contributed by atoms with Crippen LogP contribution in [0.25, 0.3) is 0 Å². The molecule has 0 rings (SSSR count). The van der Waals surface area contributed by atoms with E-state index >= 15 is 0 Å². The number of unbranched alkanes of at least 4 members (excludes halogenated alkanes) is 11. The van der Waals surface area contributed by atoms with Crippen LogP contribution in [0.2, 0.25) is 0 Å². The number of carboxylic acids is 1. The van der Waals surface area contributed by atoms with Crippen molar-refractivity contribution >= 4 is 5.97 Å². The number of aliphatic hydroxyl groups is 2. The SMILES string of the molecule is CCCCCCCCCCCCCC=C(CC(O)CO)C(=O)O. The highest BCUT2D eigenvalue weighted by Crippen LogP contribution is 2.13. The largest absolute Gasteiger partial charge is 0.478 e. The van der Waals surface area contributed by atoms with Crippen LogP contribution in [0, 0.1) is 0 Å². The van der Waals surface area contributed by atoms with Crippen LogP contribution in [0.1, 0.15) is 90.4 Å². The van der Waals surface area contributed by atoms with Gasteiger partial charge in [0, 0.05) is 12.0 Å². The van der Waals surface area contributed by atoms with Gasteiger partial charge in [0.25, 0.3) is 0 Å². The Labute approximate surface area is 141 Å². The molecule has 0 aliphatic heterocycles. The summed E-state index contributed by atoms with van der Waals surface area (Å²) in [5.74, 6) is -0.999. The second-order valence-corrected chi connectivity index (χ2v) is 6.40. The minimum absolute atomic E-state index is 0.0177. The van der Waals surface area contributed by atoms with Gasteiger partial charge in [0.2, 0.25) is 0 Å². The molecule has 0 fully saturated rings. The average Bonchev–Trinajstić information content (AvgIpc) is 2.54. The Morgan fingerprint density at radius 2 is 1.39 bits per heavy atom. The van der Waals surface area contributed by atoms with Crippen LogP contribution in [-0.2, 0) is 4.79 Å². The second kappa shape index (κ2) is 16.0. The molecular formula is C19H36O4. The maximum absolute atomic E-state index is 11.0. The molecule has 0 spiro atoms. The van der Waals surface area contributed by atoms with Crippen molar-refractivity contribution in [3.8, 4) is 0 Å². The molecule has 0 heterocycles. The number of hydrogen-bond donors (Lipinski definition) is 3. The molecule has 0 aliphatic rings. The quantitative estimate of drug-likeness (QED) is 0.289. The van der Waals surface area contributed by atoms with Gasteiger partial charge in [0.1, 0.15) is 0 Å². The Balaban J connectivity index is 3.55. The minimum Gasteiger partial charge on any atom is -0.478 e. The van der Waals surface area contributed by atoms with E-state index in [1.54, 1.807) is 6.08 Å². The van der Waals surface area contributed by atoms with Crippen LogP contribution in [0.15, 0.2) is 11.6 Å². The van der Waals surface area contributed by atoms with Crippen molar-refractivity contribution in [3.63, 3.8) is 0 Å². The van der Waals surface area contributed by atoms with Gasteiger partial charge in [0.15, 0.2) is 0 Å². The number of allylic oxidation sites excluding steroid dienone is 1. The molecule has 1 atom stereocenters. The van der Waals surface area contributed by atoms with Crippen molar-refractivity contribution in [3.05, 3.63) is 11.6 Å². The second-order valence-electron chi connectivity index (χ2n) is 6.40. The minimum atomic E-state index is -0.999. The molecule has 136 valence electrons. The van der Waals surface area contributed by atoms with Gasteiger partial charge in [-0.15, -0.1) is 0 Å². The summed E-state index contributed by atoms with van der Waals surface area (Å²) in [4.78, 5) is 11.0. The van der Waals surface area contributed by atoms with Gasteiger partial charge in [-0.25, -0.2) is 4.79 Å². The number of rotatable bonds is 16. The van der Waals surface area contributed by atoms with Crippen LogP contribution >= 0.6 is 0 Å². The van der Waals surface area contributed by atoms with E-state index < -0.39 is 18.7 Å². The number of aliphatic carboxylic acids is 1. The van der Waals surface area contributed by atoms with Crippen LogP contribution < -0.4 is 0 Å². The maximum Gasteiger partial charge on any atom is 0.331 e. The van der Waals surface area contributed by atoms with Crippen LogP contribution in [0.4, 0.5) is 0 Å². The summed E-state index contributed by atoms with van der Waals surface area (Å²) in [6.07, 6.45) is 15.5. The Bertz CT molecular complexity index is 312. The Morgan fingerprint density at radius 1 is 0.913 bits per heavy atom. The summed E-state index contributed by atoms with van der Waals surface area (Å²) in [5, 5.41) is 27.1. The smallest absolute Gasteiger partial charge is 0.331 e. The van der Waals surface area contributed by atoms with Gasteiger partial charge >= 0.3 is 5.97 Å². The molecule has 4 nitrogen and oxygen atoms in total. The lowest BCUT2D eigenvalue weighted by Crippen LogP contribution is -2.16. The fourth-order valence-corrected chi connectivity index (χ4v) is 2.66. The van der Waals surface area contributed by atoms with E-state index in [9.17, 15) is 9.90 Å². The molecular weight excluding hydrogens is 292 g/mol. The van der Waals surface area contributed by atoms with Gasteiger partial charge in [-0.3, -0.25) is 0 Å². The monoisotopic (exact) mass is 328 g/mol. The lowest BCUT2D eigenvalue weighted by molar-refractivity contribution is -0.133. The maximum atomic E-state index is 11.0. The van der Waals surface area contributed by atoms with Gasteiger partial charge < -0.3 is 15.3 Å². The lowest BCUT2D eigenvalue weighted by atomic mass is 10.0. The molecule has 0 radical (unpaired) electrons. The highest BCUT2D eigenvalue weighted by molar-refractivity contribution is 5.86. The van der Waals surface area contributed by atoms with Crippen LogP contribution in [-0.4, -0.2) is 34.0 Å². The van der Waals surface area contributed by atoms with Crippen molar-refractivity contribution in [2.75, 3.05) is 6.61 Å². The molecule has 0 aromatic heterocycles. The number of carbonyl (C=O) groups is 1. The number of aliphatic hydroxyl groups excluding tert-OH is 2. The number of carboxylic acid groups (broad SMARTS) is 1. The molecule has 23 heavy (non-hydrogen) atoms. The predicted octanol–water partition coefficient (Wildman–Crippen LogP) is 4.44. The van der Waals surface area contributed by atoms with Crippen molar-refractivity contribution in [2.45, 2.75) is 96.5 Å². The first kappa shape index (κ1) is 22.1. The standard InChI is InChI=1S/C19H36O4/c1-2-3-4-5-6-7-8-9-10-11-12-13-14-17(19(22)23)15-18(21)16-20/h14,18,20-21H,2-13,15-16H2,1H3,(H,22,23). The van der Waals surface area contributed by atoms with Crippen LogP contribution in [0.5, 0.6) is 0 Å². The third-order valence-electron chi connectivity index (χ3n) is 4.14. The van der Waals surface area contributed by atoms with Gasteiger partial charge in [-0.2, -0.15) is 0 Å². The topological polar surface area (TPSA) is 77.8 Å². The third-order valence-corrected chi connectivity index (χ3v) is 4.14. The van der Waals surface area contributed by atoms with E-state index in [-0.39, 0.29) is 12.0 Å². The fourth-order valence-electron chi connectivity index (χ4n) is 2.66. The molecule has 0 aromatic carbocycles. The molecule has 0 aliphatic carbocycles. The van der Waals surface area contributed by atoms with Crippen molar-refractivity contribution in [1.82, 2.24) is 0 Å². The van der Waals surface area contributed by atoms with E-state index in [0.717, 1.165) is 19.3 Å². The highest BCUT2D eigenvalue weighted by Gasteiger charge is 2.12. The Hall–Kier alpha value is -0.870. The zero-order valence-corrected chi connectivity index (χ0v) is 14.8. The van der Waals surface area contributed by atoms with Gasteiger partial charge in [0.05, 0.1) is 12.7 Å². The fraction of sp³-hybridized carbons (Fsp3) is 0.842. The molecule has 0 saturated carbocycles. The summed E-state index contributed by atoms with van der Waals surface area (Å²) >= 11 is 0. The Morgan fingerprint density at radius 3 is 1.83 bits per heavy atom. The van der Waals surface area contributed by atoms with Crippen molar-refractivity contribution in [1.29, 1.82) is 0 Å². The van der Waals surface area contributed by atoms with Crippen LogP contribution in [0.3, 0.4) is 0 Å². The number of hydrogen-bond acceptors (Lipinski definition) is 3. The summed E-state index contributed by atoms with van der Waals surface area (Å²) in [7, 11) is 0. The first-order chi connectivity index (χ1) is 11.1. The average molecular weight is 328 g/mol. The van der Waals surface area contributed by atoms with E-state index in [2.05, 4.69) is 6.92 Å². The third kappa shape index (κ3) is 14.5. The Kier molecular flexibility index (Phi) is 15.4. The molecule has 0 saturated heterocycles.